The van der Waals surface area contributed by atoms with Gasteiger partial charge in [-0.15, -0.1) is 0 Å². The van der Waals surface area contributed by atoms with E-state index in [1.54, 1.807) is 13.3 Å². The van der Waals surface area contributed by atoms with Crippen LogP contribution in [0.4, 0.5) is 0 Å². The van der Waals surface area contributed by atoms with Gasteiger partial charge in [0.15, 0.2) is 0 Å². The van der Waals surface area contributed by atoms with Crippen LogP contribution >= 0.6 is 0 Å². The average molecular weight is 430 g/mol. The van der Waals surface area contributed by atoms with Gasteiger partial charge in [-0.2, -0.15) is 0 Å². The van der Waals surface area contributed by atoms with E-state index in [2.05, 4.69) is 10.3 Å². The first kappa shape index (κ1) is 21.6. The van der Waals surface area contributed by atoms with Crippen molar-refractivity contribution < 1.29 is 14.3 Å². The molecule has 0 spiro atoms. The third-order valence-electron chi connectivity index (χ3n) is 5.87. The Hall–Kier alpha value is -3.67. The lowest BCUT2D eigenvalue weighted by atomic mass is 9.94. The zero-order valence-electron chi connectivity index (χ0n) is 18.1. The number of hydrogen-bond acceptors (Lipinski definition) is 4. The molecule has 2 heterocycles. The number of nitrogens with zero attached hydrogens (tertiary/aromatic N) is 2. The lowest BCUT2D eigenvalue weighted by molar-refractivity contribution is -0.126. The molecule has 1 atom stereocenters. The number of ether oxygens (including phenoxy) is 1. The Labute approximate surface area is 188 Å². The summed E-state index contributed by atoms with van der Waals surface area (Å²) >= 11 is 0. The molecule has 0 bridgehead atoms. The van der Waals surface area contributed by atoms with Crippen molar-refractivity contribution in [1.29, 1.82) is 0 Å². The van der Waals surface area contributed by atoms with E-state index >= 15 is 0 Å². The minimum atomic E-state index is -0.372. The van der Waals surface area contributed by atoms with E-state index in [4.69, 9.17) is 4.74 Å². The van der Waals surface area contributed by atoms with E-state index in [0.717, 1.165) is 17.0 Å². The third-order valence-corrected chi connectivity index (χ3v) is 5.87. The molecule has 1 unspecified atom stereocenters. The van der Waals surface area contributed by atoms with Crippen LogP contribution in [0.15, 0.2) is 79.0 Å². The molecular weight excluding hydrogens is 402 g/mol. The van der Waals surface area contributed by atoms with Crippen molar-refractivity contribution in [3.8, 4) is 5.75 Å². The number of carbonyl (C=O) groups is 2. The summed E-state index contributed by atoms with van der Waals surface area (Å²) in [6.45, 7) is 1.14. The summed E-state index contributed by atoms with van der Waals surface area (Å²) in [5, 5.41) is 3.19. The number of benzene rings is 2. The molecule has 6 heteroatoms. The molecule has 2 amide bonds. The van der Waals surface area contributed by atoms with Crippen LogP contribution in [0.5, 0.6) is 5.75 Å². The minimum Gasteiger partial charge on any atom is -0.497 e. The zero-order chi connectivity index (χ0) is 22.3. The maximum absolute atomic E-state index is 13.2. The van der Waals surface area contributed by atoms with Gasteiger partial charge in [0.25, 0.3) is 5.91 Å². The van der Waals surface area contributed by atoms with Crippen LogP contribution in [0.3, 0.4) is 0 Å². The molecule has 164 valence electrons. The van der Waals surface area contributed by atoms with E-state index in [-0.39, 0.29) is 23.8 Å². The maximum atomic E-state index is 13.2. The summed E-state index contributed by atoms with van der Waals surface area (Å²) in [4.78, 5) is 32.2. The van der Waals surface area contributed by atoms with E-state index in [1.807, 2.05) is 77.7 Å². The van der Waals surface area contributed by atoms with Crippen molar-refractivity contribution in [2.24, 2.45) is 5.92 Å². The van der Waals surface area contributed by atoms with Crippen molar-refractivity contribution in [2.75, 3.05) is 20.2 Å². The molecule has 0 aliphatic carbocycles. The van der Waals surface area contributed by atoms with Crippen LogP contribution in [-0.2, 0) is 4.79 Å². The van der Waals surface area contributed by atoms with Crippen LogP contribution in [0.25, 0.3) is 0 Å². The number of amides is 2. The quantitative estimate of drug-likeness (QED) is 0.646. The molecule has 1 saturated heterocycles. The number of hydrogen-bond donors (Lipinski definition) is 1. The Bertz CT molecular complexity index is 1050. The molecule has 32 heavy (non-hydrogen) atoms. The Kier molecular flexibility index (Phi) is 6.80. The van der Waals surface area contributed by atoms with Crippen molar-refractivity contribution in [2.45, 2.75) is 18.9 Å². The second kappa shape index (κ2) is 10.1. The third kappa shape index (κ3) is 4.97. The fraction of sp³-hybridized carbons (Fsp3) is 0.269. The lowest BCUT2D eigenvalue weighted by Crippen LogP contribution is -2.44. The summed E-state index contributed by atoms with van der Waals surface area (Å²) in [5.41, 5.74) is 2.36. The normalized spacial score (nSPS) is 15.1. The largest absolute Gasteiger partial charge is 0.497 e. The highest BCUT2D eigenvalue weighted by molar-refractivity contribution is 5.94. The minimum absolute atomic E-state index is 0.0183. The fourth-order valence-electron chi connectivity index (χ4n) is 4.06. The molecular formula is C26H27N3O3. The summed E-state index contributed by atoms with van der Waals surface area (Å²) in [5.74, 6) is 0.583. The number of carbonyl (C=O) groups excluding carboxylic acids is 2. The van der Waals surface area contributed by atoms with Gasteiger partial charge in [-0.3, -0.25) is 14.6 Å². The highest BCUT2D eigenvalue weighted by Crippen LogP contribution is 2.26. The lowest BCUT2D eigenvalue weighted by Gasteiger charge is -2.32. The topological polar surface area (TPSA) is 71.5 Å². The Morgan fingerprint density at radius 3 is 2.44 bits per heavy atom. The van der Waals surface area contributed by atoms with Gasteiger partial charge in [0.05, 0.1) is 18.8 Å². The van der Waals surface area contributed by atoms with Gasteiger partial charge >= 0.3 is 0 Å². The molecule has 1 aliphatic heterocycles. The molecule has 2 aromatic carbocycles. The smallest absolute Gasteiger partial charge is 0.253 e. The molecule has 1 N–H and O–H groups in total. The maximum Gasteiger partial charge on any atom is 0.253 e. The Balaban J connectivity index is 1.44. The number of likely N-dealkylation sites (tertiary alicyclic amines) is 1. The van der Waals surface area contributed by atoms with Crippen molar-refractivity contribution in [1.82, 2.24) is 15.2 Å². The molecule has 1 aliphatic rings. The van der Waals surface area contributed by atoms with Crippen LogP contribution in [0.1, 0.15) is 40.5 Å². The predicted octanol–water partition coefficient (Wildman–Crippen LogP) is 3.85. The summed E-state index contributed by atoms with van der Waals surface area (Å²) < 4.78 is 5.36. The highest BCUT2D eigenvalue weighted by Gasteiger charge is 2.30. The standard InChI is InChI=1S/C26H27N3O3/c1-32-22-11-7-10-21(18-22)24(23-12-5-6-15-27-23)28-25(30)19-13-16-29(17-14-19)26(31)20-8-3-2-4-9-20/h2-12,15,18-19,24H,13-14,16-17H2,1H3,(H,28,30). The SMILES string of the molecule is COc1cccc(C(NC(=O)C2CCN(C(=O)c3ccccc3)CC2)c2ccccn2)c1. The van der Waals surface area contributed by atoms with E-state index in [9.17, 15) is 9.59 Å². The molecule has 0 radical (unpaired) electrons. The second-order valence-corrected chi connectivity index (χ2v) is 7.91. The monoisotopic (exact) mass is 429 g/mol. The van der Waals surface area contributed by atoms with Crippen LogP contribution in [0.2, 0.25) is 0 Å². The van der Waals surface area contributed by atoms with E-state index in [0.29, 0.717) is 31.5 Å². The van der Waals surface area contributed by atoms with Gasteiger partial charge in [-0.1, -0.05) is 36.4 Å². The second-order valence-electron chi connectivity index (χ2n) is 7.91. The Morgan fingerprint density at radius 1 is 1.00 bits per heavy atom. The van der Waals surface area contributed by atoms with Crippen LogP contribution < -0.4 is 10.1 Å². The average Bonchev–Trinajstić information content (AvgIpc) is 2.88. The van der Waals surface area contributed by atoms with Gasteiger partial charge in [-0.05, 0) is 54.8 Å². The van der Waals surface area contributed by atoms with Crippen LogP contribution in [0, 0.1) is 5.92 Å². The van der Waals surface area contributed by atoms with Crippen molar-refractivity contribution >= 4 is 11.8 Å². The molecule has 4 rings (SSSR count). The molecule has 1 fully saturated rings. The van der Waals surface area contributed by atoms with Gasteiger partial charge in [-0.25, -0.2) is 0 Å². The summed E-state index contributed by atoms with van der Waals surface area (Å²) in [6.07, 6.45) is 3.00. The first-order valence-electron chi connectivity index (χ1n) is 10.9. The number of pyridine rings is 1. The summed E-state index contributed by atoms with van der Waals surface area (Å²) in [6, 6.07) is 22.2. The van der Waals surface area contributed by atoms with Crippen molar-refractivity contribution in [3.05, 3.63) is 95.8 Å². The number of aromatic nitrogens is 1. The van der Waals surface area contributed by atoms with Crippen LogP contribution in [-0.4, -0.2) is 41.9 Å². The number of piperidine rings is 1. The molecule has 6 nitrogen and oxygen atoms in total. The Morgan fingerprint density at radius 2 is 1.75 bits per heavy atom. The number of methoxy groups -OCH3 is 1. The first-order chi connectivity index (χ1) is 15.7. The zero-order valence-corrected chi connectivity index (χ0v) is 18.1. The molecule has 0 saturated carbocycles. The van der Waals surface area contributed by atoms with Gasteiger partial charge in [0, 0.05) is 30.8 Å². The number of rotatable bonds is 6. The highest BCUT2D eigenvalue weighted by atomic mass is 16.5. The first-order valence-corrected chi connectivity index (χ1v) is 10.9. The van der Waals surface area contributed by atoms with Crippen molar-refractivity contribution in [3.63, 3.8) is 0 Å². The predicted molar refractivity (Wildman–Crippen MR) is 122 cm³/mol. The number of nitrogens with one attached hydrogen (secondary N) is 1. The molecule has 3 aromatic rings. The van der Waals surface area contributed by atoms with Gasteiger partial charge in [0.2, 0.25) is 5.91 Å². The van der Waals surface area contributed by atoms with E-state index in [1.165, 1.54) is 0 Å². The summed E-state index contributed by atoms with van der Waals surface area (Å²) in [7, 11) is 1.62. The van der Waals surface area contributed by atoms with Gasteiger partial charge < -0.3 is 15.0 Å². The fourth-order valence-corrected chi connectivity index (χ4v) is 4.06. The van der Waals surface area contributed by atoms with Gasteiger partial charge in [0.1, 0.15) is 5.75 Å². The molecule has 1 aromatic heterocycles. The van der Waals surface area contributed by atoms with E-state index < -0.39 is 0 Å².